The van der Waals surface area contributed by atoms with Crippen LogP contribution in [-0.4, -0.2) is 41.4 Å². The third-order valence-electron chi connectivity index (χ3n) is 3.76. The van der Waals surface area contributed by atoms with E-state index >= 15 is 0 Å². The second kappa shape index (κ2) is 7.42. The van der Waals surface area contributed by atoms with E-state index in [1.165, 1.54) is 6.08 Å². The normalized spacial score (nSPS) is 20.8. The molecule has 1 aliphatic heterocycles. The molecule has 2 aliphatic rings. The Morgan fingerprint density at radius 3 is 2.58 bits per heavy atom. The van der Waals surface area contributed by atoms with Crippen LogP contribution in [0.25, 0.3) is 0 Å². The molecule has 1 aliphatic carbocycles. The maximum absolute atomic E-state index is 12.0. The standard InChI is InChI=1S/C17H24N4O3/c1-17(2,3)24-16(22)21-8-6-13(7-9-21)19-11-12-4-5-14(20-23)10-15(12)18/h4-5,10-11,13,18-19H,6-9H2,1-3H3/b12-11-,18-15?. The van der Waals surface area contributed by atoms with E-state index in [1.54, 1.807) is 23.3 Å². The van der Waals surface area contributed by atoms with Crippen LogP contribution in [-0.2, 0) is 4.74 Å². The monoisotopic (exact) mass is 332 g/mol. The van der Waals surface area contributed by atoms with Crippen molar-refractivity contribution in [3.05, 3.63) is 40.6 Å². The lowest BCUT2D eigenvalue weighted by molar-refractivity contribution is 0.0201. The Morgan fingerprint density at radius 1 is 1.38 bits per heavy atom. The summed E-state index contributed by atoms with van der Waals surface area (Å²) in [5.74, 6) is 0. The van der Waals surface area contributed by atoms with Gasteiger partial charge in [0.2, 0.25) is 0 Å². The molecule has 2 N–H and O–H groups in total. The van der Waals surface area contributed by atoms with Crippen LogP contribution in [0, 0.1) is 10.3 Å². The van der Waals surface area contributed by atoms with Gasteiger partial charge >= 0.3 is 6.09 Å². The zero-order valence-electron chi connectivity index (χ0n) is 14.3. The molecule has 24 heavy (non-hydrogen) atoms. The van der Waals surface area contributed by atoms with Gasteiger partial charge in [0.1, 0.15) is 11.3 Å². The summed E-state index contributed by atoms with van der Waals surface area (Å²) in [7, 11) is 0. The highest BCUT2D eigenvalue weighted by Crippen LogP contribution is 2.17. The number of ether oxygens (including phenoxy) is 1. The van der Waals surface area contributed by atoms with Crippen molar-refractivity contribution in [1.29, 1.82) is 5.41 Å². The highest BCUT2D eigenvalue weighted by atomic mass is 16.6. The smallest absolute Gasteiger partial charge is 0.410 e. The Kier molecular flexibility index (Phi) is 5.54. The fraction of sp³-hybridized carbons (Fsp3) is 0.529. The fourth-order valence-corrected chi connectivity index (χ4v) is 2.49. The van der Waals surface area contributed by atoms with Gasteiger partial charge in [-0.15, -0.1) is 4.91 Å². The molecule has 0 saturated carbocycles. The van der Waals surface area contributed by atoms with E-state index in [9.17, 15) is 9.70 Å². The van der Waals surface area contributed by atoms with Gasteiger partial charge in [-0.3, -0.25) is 0 Å². The summed E-state index contributed by atoms with van der Waals surface area (Å²) in [4.78, 5) is 24.2. The number of amides is 1. The molecule has 1 amide bonds. The van der Waals surface area contributed by atoms with Crippen LogP contribution in [0.4, 0.5) is 4.79 Å². The summed E-state index contributed by atoms with van der Waals surface area (Å²) in [6.07, 6.45) is 7.87. The summed E-state index contributed by atoms with van der Waals surface area (Å²) < 4.78 is 5.38. The molecular formula is C17H24N4O3. The number of piperidine rings is 1. The SMILES string of the molecule is CC(C)(C)OC(=O)N1CCC(N/C=C2/C=CC(N=O)=CC2=N)CC1. The first kappa shape index (κ1) is 17.9. The number of nitrogens with zero attached hydrogens (tertiary/aromatic N) is 2. The number of rotatable bonds is 3. The van der Waals surface area contributed by atoms with Crippen molar-refractivity contribution in [3.8, 4) is 0 Å². The molecule has 0 spiro atoms. The van der Waals surface area contributed by atoms with E-state index in [4.69, 9.17) is 10.1 Å². The van der Waals surface area contributed by atoms with Crippen LogP contribution in [0.1, 0.15) is 33.6 Å². The minimum Gasteiger partial charge on any atom is -0.444 e. The number of allylic oxidation sites excluding steroid dienone is 4. The largest absolute Gasteiger partial charge is 0.444 e. The third-order valence-corrected chi connectivity index (χ3v) is 3.76. The zero-order chi connectivity index (χ0) is 17.7. The fourth-order valence-electron chi connectivity index (χ4n) is 2.49. The maximum atomic E-state index is 12.0. The predicted octanol–water partition coefficient (Wildman–Crippen LogP) is 3.10. The van der Waals surface area contributed by atoms with Crippen molar-refractivity contribution < 1.29 is 9.53 Å². The molecule has 0 radical (unpaired) electrons. The quantitative estimate of drug-likeness (QED) is 0.776. The van der Waals surface area contributed by atoms with E-state index in [0.717, 1.165) is 12.8 Å². The maximum Gasteiger partial charge on any atom is 0.410 e. The molecule has 0 aromatic rings. The lowest BCUT2D eigenvalue weighted by atomic mass is 10.0. The number of nitrogens with one attached hydrogen (secondary N) is 2. The summed E-state index contributed by atoms with van der Waals surface area (Å²) in [6.45, 7) is 6.86. The van der Waals surface area contributed by atoms with Crippen molar-refractivity contribution in [3.63, 3.8) is 0 Å². The van der Waals surface area contributed by atoms with E-state index in [-0.39, 0.29) is 23.5 Å². The summed E-state index contributed by atoms with van der Waals surface area (Å²) in [5, 5.41) is 14.0. The van der Waals surface area contributed by atoms with Gasteiger partial charge in [0.15, 0.2) is 0 Å². The number of hydrogen-bond donors (Lipinski definition) is 2. The number of carbonyl (C=O) groups is 1. The lowest BCUT2D eigenvalue weighted by Crippen LogP contribution is -2.45. The molecule has 1 heterocycles. The van der Waals surface area contributed by atoms with Crippen LogP contribution in [0.2, 0.25) is 0 Å². The minimum atomic E-state index is -0.479. The second-order valence-corrected chi connectivity index (χ2v) is 6.92. The Labute approximate surface area is 141 Å². The Morgan fingerprint density at radius 2 is 2.04 bits per heavy atom. The Bertz CT molecular complexity index is 606. The molecule has 1 saturated heterocycles. The molecule has 0 atom stereocenters. The van der Waals surface area contributed by atoms with Crippen molar-refractivity contribution in [2.24, 2.45) is 5.18 Å². The lowest BCUT2D eigenvalue weighted by Gasteiger charge is -2.33. The predicted molar refractivity (Wildman–Crippen MR) is 92.8 cm³/mol. The molecule has 130 valence electrons. The van der Waals surface area contributed by atoms with Gasteiger partial charge in [0, 0.05) is 30.9 Å². The van der Waals surface area contributed by atoms with E-state index in [1.807, 2.05) is 20.8 Å². The molecule has 0 bridgehead atoms. The topological polar surface area (TPSA) is 94.8 Å². The van der Waals surface area contributed by atoms with Crippen LogP contribution in [0.3, 0.4) is 0 Å². The van der Waals surface area contributed by atoms with Gasteiger partial charge in [0.05, 0.1) is 5.71 Å². The van der Waals surface area contributed by atoms with Gasteiger partial charge in [-0.25, -0.2) is 4.79 Å². The van der Waals surface area contributed by atoms with Gasteiger partial charge in [-0.05, 0) is 57.0 Å². The first-order valence-electron chi connectivity index (χ1n) is 8.05. The van der Waals surface area contributed by atoms with Gasteiger partial charge < -0.3 is 20.4 Å². The summed E-state index contributed by atoms with van der Waals surface area (Å²) >= 11 is 0. The number of likely N-dealkylation sites (tertiary alicyclic amines) is 1. The second-order valence-electron chi connectivity index (χ2n) is 6.92. The average molecular weight is 332 g/mol. The van der Waals surface area contributed by atoms with Crippen molar-refractivity contribution in [2.45, 2.75) is 45.3 Å². The Balaban J connectivity index is 1.82. The highest BCUT2D eigenvalue weighted by Gasteiger charge is 2.26. The van der Waals surface area contributed by atoms with Crippen molar-refractivity contribution in [1.82, 2.24) is 10.2 Å². The van der Waals surface area contributed by atoms with E-state index < -0.39 is 5.60 Å². The Hall–Kier alpha value is -2.44. The molecule has 0 unspecified atom stereocenters. The van der Waals surface area contributed by atoms with Crippen LogP contribution in [0.5, 0.6) is 0 Å². The van der Waals surface area contributed by atoms with Crippen LogP contribution >= 0.6 is 0 Å². The number of carbonyl (C=O) groups excluding carboxylic acids is 1. The zero-order valence-corrected chi connectivity index (χ0v) is 14.3. The molecule has 7 nitrogen and oxygen atoms in total. The van der Waals surface area contributed by atoms with Crippen molar-refractivity contribution in [2.75, 3.05) is 13.1 Å². The summed E-state index contributed by atoms with van der Waals surface area (Å²) in [5.41, 5.74) is 0.734. The number of hydrogen-bond acceptors (Lipinski definition) is 6. The molecule has 0 aromatic carbocycles. The molecule has 7 heteroatoms. The molecule has 1 fully saturated rings. The number of nitroso groups, excluding NO2 is 1. The van der Waals surface area contributed by atoms with E-state index in [0.29, 0.717) is 18.7 Å². The van der Waals surface area contributed by atoms with Gasteiger partial charge in [0.25, 0.3) is 0 Å². The average Bonchev–Trinajstić information content (AvgIpc) is 2.52. The first-order valence-corrected chi connectivity index (χ1v) is 8.05. The molecule has 2 rings (SSSR count). The molecule has 0 aromatic heterocycles. The minimum absolute atomic E-state index is 0.243. The van der Waals surface area contributed by atoms with Gasteiger partial charge in [-0.1, -0.05) is 0 Å². The molecular weight excluding hydrogens is 308 g/mol. The van der Waals surface area contributed by atoms with Gasteiger partial charge in [-0.2, -0.15) is 0 Å². The van der Waals surface area contributed by atoms with Crippen LogP contribution < -0.4 is 5.32 Å². The van der Waals surface area contributed by atoms with Crippen molar-refractivity contribution >= 4 is 11.8 Å². The third kappa shape index (κ3) is 5.04. The highest BCUT2D eigenvalue weighted by molar-refractivity contribution is 6.09. The van der Waals surface area contributed by atoms with Crippen LogP contribution in [0.15, 0.2) is 40.9 Å². The summed E-state index contributed by atoms with van der Waals surface area (Å²) in [6, 6.07) is 0.243. The first-order chi connectivity index (χ1) is 11.3. The van der Waals surface area contributed by atoms with E-state index in [2.05, 4.69) is 10.5 Å².